The van der Waals surface area contributed by atoms with Crippen molar-refractivity contribution in [3.05, 3.63) is 47.6 Å². The normalized spacial score (nSPS) is 41.9. The van der Waals surface area contributed by atoms with Crippen molar-refractivity contribution in [2.45, 2.75) is 80.1 Å². The van der Waals surface area contributed by atoms with E-state index in [1.165, 1.54) is 38.5 Å². The molecule has 4 rings (SSSR count). The maximum Gasteiger partial charge on any atom is -0.000685 e. The molecule has 7 atom stereocenters. The van der Waals surface area contributed by atoms with Crippen LogP contribution < -0.4 is 0 Å². The molecule has 0 aromatic rings. The number of hydrogen-bond donors (Lipinski definition) is 0. The van der Waals surface area contributed by atoms with Crippen LogP contribution in [0.15, 0.2) is 47.6 Å². The van der Waals surface area contributed by atoms with Gasteiger partial charge in [0.15, 0.2) is 0 Å². The SMILES string of the molecule is CC(C)[C@@H](C)C=C[C@@H](C)[C@H]1CC[C@H]2C3=CC=C4C=CCC[C@]4(C)[C@H]3CC[C@]12C. The molecule has 0 heterocycles. The Hall–Kier alpha value is -1.04. The van der Waals surface area contributed by atoms with Gasteiger partial charge in [-0.1, -0.05) is 83.6 Å². The fourth-order valence-corrected chi connectivity index (χ4v) is 7.26. The van der Waals surface area contributed by atoms with E-state index in [0.29, 0.717) is 22.7 Å². The van der Waals surface area contributed by atoms with Crippen molar-refractivity contribution in [1.82, 2.24) is 0 Å². The largest absolute Gasteiger partial charge is 0.0852 e. The molecule has 4 aliphatic rings. The molecule has 2 fully saturated rings. The van der Waals surface area contributed by atoms with Crippen molar-refractivity contribution < 1.29 is 0 Å². The van der Waals surface area contributed by atoms with Gasteiger partial charge in [-0.25, -0.2) is 0 Å². The van der Waals surface area contributed by atoms with Gasteiger partial charge in [0.1, 0.15) is 0 Å². The van der Waals surface area contributed by atoms with Crippen LogP contribution in [0.1, 0.15) is 80.1 Å². The predicted octanol–water partition coefficient (Wildman–Crippen LogP) is 8.14. The lowest BCUT2D eigenvalue weighted by Crippen LogP contribution is -2.44. The van der Waals surface area contributed by atoms with Gasteiger partial charge in [0.2, 0.25) is 0 Å². The van der Waals surface area contributed by atoms with Crippen molar-refractivity contribution >= 4 is 0 Å². The fourth-order valence-electron chi connectivity index (χ4n) is 7.26. The summed E-state index contributed by atoms with van der Waals surface area (Å²) in [6, 6.07) is 0. The van der Waals surface area contributed by atoms with Gasteiger partial charge in [-0.15, -0.1) is 0 Å². The molecular weight excluding hydrogens is 336 g/mol. The molecule has 0 amide bonds. The number of allylic oxidation sites excluding steroid dienone is 8. The van der Waals surface area contributed by atoms with Crippen LogP contribution in [-0.4, -0.2) is 0 Å². The quantitative estimate of drug-likeness (QED) is 0.433. The topological polar surface area (TPSA) is 0 Å². The molecule has 154 valence electrons. The first-order valence-electron chi connectivity index (χ1n) is 12.0. The first kappa shape index (κ1) is 20.2. The number of hydrogen-bond acceptors (Lipinski definition) is 0. The van der Waals surface area contributed by atoms with Crippen LogP contribution >= 0.6 is 0 Å². The van der Waals surface area contributed by atoms with Gasteiger partial charge >= 0.3 is 0 Å². The van der Waals surface area contributed by atoms with E-state index in [2.05, 4.69) is 78.0 Å². The minimum Gasteiger partial charge on any atom is -0.0852 e. The lowest BCUT2D eigenvalue weighted by atomic mass is 9.51. The van der Waals surface area contributed by atoms with Gasteiger partial charge in [0.05, 0.1) is 0 Å². The first-order chi connectivity index (χ1) is 13.3. The molecule has 0 bridgehead atoms. The van der Waals surface area contributed by atoms with Crippen LogP contribution in [0.5, 0.6) is 0 Å². The van der Waals surface area contributed by atoms with Crippen LogP contribution in [0.4, 0.5) is 0 Å². The van der Waals surface area contributed by atoms with E-state index in [-0.39, 0.29) is 0 Å². The van der Waals surface area contributed by atoms with Gasteiger partial charge in [0.25, 0.3) is 0 Å². The van der Waals surface area contributed by atoms with E-state index < -0.39 is 0 Å². The van der Waals surface area contributed by atoms with Crippen molar-refractivity contribution in [2.75, 3.05) is 0 Å². The summed E-state index contributed by atoms with van der Waals surface area (Å²) in [4.78, 5) is 0. The highest BCUT2D eigenvalue weighted by atomic mass is 14.6. The standard InChI is InChI=1S/C28H42/c1-19(2)20(3)10-11-21(4)24-14-15-25-23-13-12-22-9-7-8-17-27(22,5)26(23)16-18-28(24,25)6/h7,9-13,19-21,24-26H,8,14-18H2,1-6H3/t20-,21+,24+,25-,26-,27-,28+/m0/s1. The maximum absolute atomic E-state index is 2.64. The molecule has 0 aromatic heterocycles. The Bertz CT molecular complexity index is 716. The summed E-state index contributed by atoms with van der Waals surface area (Å²) in [5.41, 5.74) is 4.32. The average molecular weight is 379 g/mol. The summed E-state index contributed by atoms with van der Waals surface area (Å²) in [5, 5.41) is 0. The summed E-state index contributed by atoms with van der Waals surface area (Å²) >= 11 is 0. The van der Waals surface area contributed by atoms with E-state index >= 15 is 0 Å². The Morgan fingerprint density at radius 3 is 2.46 bits per heavy atom. The van der Waals surface area contributed by atoms with E-state index in [4.69, 9.17) is 0 Å². The fraction of sp³-hybridized carbons (Fsp3) is 0.714. The minimum atomic E-state index is 0.399. The molecular formula is C28H42. The molecule has 0 aliphatic heterocycles. The summed E-state index contributed by atoms with van der Waals surface area (Å²) in [6.45, 7) is 14.7. The van der Waals surface area contributed by atoms with Crippen LogP contribution in [0.2, 0.25) is 0 Å². The molecule has 2 saturated carbocycles. The van der Waals surface area contributed by atoms with Gasteiger partial charge < -0.3 is 0 Å². The smallest absolute Gasteiger partial charge is 0.000685 e. The summed E-state index contributed by atoms with van der Waals surface area (Å²) < 4.78 is 0. The molecule has 28 heavy (non-hydrogen) atoms. The van der Waals surface area contributed by atoms with Crippen molar-refractivity contribution in [1.29, 1.82) is 0 Å². The number of fused-ring (bicyclic) bond motifs is 5. The van der Waals surface area contributed by atoms with Crippen LogP contribution in [-0.2, 0) is 0 Å². The van der Waals surface area contributed by atoms with Crippen LogP contribution in [0, 0.1) is 46.3 Å². The third kappa shape index (κ3) is 3.10. The van der Waals surface area contributed by atoms with Gasteiger partial charge in [0, 0.05) is 0 Å². The Kier molecular flexibility index (Phi) is 5.30. The second-order valence-electron chi connectivity index (χ2n) is 11.3. The minimum absolute atomic E-state index is 0.399. The van der Waals surface area contributed by atoms with E-state index in [1.54, 1.807) is 5.57 Å². The Labute approximate surface area is 174 Å². The van der Waals surface area contributed by atoms with Gasteiger partial charge in [-0.05, 0) is 90.4 Å². The summed E-state index contributed by atoms with van der Waals surface area (Å²) in [7, 11) is 0. The predicted molar refractivity (Wildman–Crippen MR) is 122 cm³/mol. The molecule has 0 aromatic carbocycles. The third-order valence-electron chi connectivity index (χ3n) is 9.60. The van der Waals surface area contributed by atoms with Gasteiger partial charge in [-0.3, -0.25) is 0 Å². The first-order valence-corrected chi connectivity index (χ1v) is 12.0. The second kappa shape index (κ2) is 7.33. The molecule has 0 radical (unpaired) electrons. The van der Waals surface area contributed by atoms with Crippen LogP contribution in [0.25, 0.3) is 0 Å². The molecule has 0 saturated heterocycles. The van der Waals surface area contributed by atoms with Crippen molar-refractivity contribution in [3.63, 3.8) is 0 Å². The van der Waals surface area contributed by atoms with Crippen molar-refractivity contribution in [2.24, 2.45) is 46.3 Å². The summed E-state index contributed by atoms with van der Waals surface area (Å²) in [5.74, 6) is 4.59. The summed E-state index contributed by atoms with van der Waals surface area (Å²) in [6.07, 6.45) is 23.2. The zero-order valence-electron chi connectivity index (χ0n) is 19.2. The highest BCUT2D eigenvalue weighted by Gasteiger charge is 2.56. The molecule has 0 unspecified atom stereocenters. The average Bonchev–Trinajstić information content (AvgIpc) is 3.02. The Balaban J connectivity index is 1.58. The van der Waals surface area contributed by atoms with Crippen molar-refractivity contribution in [3.8, 4) is 0 Å². The Morgan fingerprint density at radius 1 is 0.929 bits per heavy atom. The van der Waals surface area contributed by atoms with E-state index in [1.807, 2.05) is 5.57 Å². The lowest BCUT2D eigenvalue weighted by Gasteiger charge is -2.54. The maximum atomic E-state index is 2.64. The van der Waals surface area contributed by atoms with E-state index in [9.17, 15) is 0 Å². The Morgan fingerprint density at radius 2 is 1.71 bits per heavy atom. The van der Waals surface area contributed by atoms with E-state index in [0.717, 1.165) is 23.7 Å². The monoisotopic (exact) mass is 378 g/mol. The zero-order valence-corrected chi connectivity index (χ0v) is 19.2. The highest BCUT2D eigenvalue weighted by molar-refractivity contribution is 5.43. The molecule has 0 spiro atoms. The second-order valence-corrected chi connectivity index (χ2v) is 11.3. The lowest BCUT2D eigenvalue weighted by molar-refractivity contribution is 0.0633. The molecule has 0 N–H and O–H groups in total. The van der Waals surface area contributed by atoms with Crippen LogP contribution in [0.3, 0.4) is 0 Å². The molecule has 0 heteroatoms. The zero-order chi connectivity index (χ0) is 20.1. The number of rotatable bonds is 4. The molecule has 0 nitrogen and oxygen atoms in total. The van der Waals surface area contributed by atoms with Gasteiger partial charge in [-0.2, -0.15) is 0 Å². The third-order valence-corrected chi connectivity index (χ3v) is 9.60. The highest BCUT2D eigenvalue weighted by Crippen LogP contribution is 2.65. The molecule has 4 aliphatic carbocycles.